The first-order valence-electron chi connectivity index (χ1n) is 6.91. The van der Waals surface area contributed by atoms with Crippen molar-refractivity contribution in [2.24, 2.45) is 0 Å². The van der Waals surface area contributed by atoms with Gasteiger partial charge in [-0.2, -0.15) is 5.10 Å². The maximum atomic E-state index is 4.55. The van der Waals surface area contributed by atoms with Gasteiger partial charge in [0.05, 0.1) is 28.1 Å². The molecule has 108 valence electrons. The topological polar surface area (TPSA) is 55.6 Å². The van der Waals surface area contributed by atoms with E-state index in [0.717, 1.165) is 41.2 Å². The molecule has 2 rings (SSSR count). The van der Waals surface area contributed by atoms with Gasteiger partial charge in [-0.25, -0.2) is 9.97 Å². The molecule has 0 spiro atoms. The maximum Gasteiger partial charge on any atom is 0.125 e. The zero-order chi connectivity index (χ0) is 14.5. The van der Waals surface area contributed by atoms with Crippen LogP contribution in [0, 0.1) is 6.92 Å². The van der Waals surface area contributed by atoms with Gasteiger partial charge in [0.15, 0.2) is 0 Å². The number of nitrogens with one attached hydrogen (secondary N) is 1. The molecule has 20 heavy (non-hydrogen) atoms. The SMILES string of the molecule is CCCn1ncc(Br)c1C(NCC)c1ccnc(C)n1. The molecular formula is C14H20BrN5. The Morgan fingerprint density at radius 2 is 2.20 bits per heavy atom. The molecular weight excluding hydrogens is 318 g/mol. The first-order chi connectivity index (χ1) is 9.67. The number of rotatable bonds is 6. The van der Waals surface area contributed by atoms with Gasteiger partial charge in [-0.1, -0.05) is 13.8 Å². The highest BCUT2D eigenvalue weighted by molar-refractivity contribution is 9.10. The monoisotopic (exact) mass is 337 g/mol. The van der Waals surface area contributed by atoms with Crippen molar-refractivity contribution < 1.29 is 0 Å². The summed E-state index contributed by atoms with van der Waals surface area (Å²) in [7, 11) is 0. The van der Waals surface area contributed by atoms with Gasteiger partial charge in [0.1, 0.15) is 5.82 Å². The highest BCUT2D eigenvalue weighted by Crippen LogP contribution is 2.27. The first kappa shape index (κ1) is 15.1. The van der Waals surface area contributed by atoms with E-state index < -0.39 is 0 Å². The van der Waals surface area contributed by atoms with Gasteiger partial charge in [0.2, 0.25) is 0 Å². The van der Waals surface area contributed by atoms with Crippen molar-refractivity contribution in [3.05, 3.63) is 40.1 Å². The molecule has 0 aliphatic rings. The highest BCUT2D eigenvalue weighted by atomic mass is 79.9. The molecule has 0 saturated carbocycles. The molecule has 0 bridgehead atoms. The van der Waals surface area contributed by atoms with Gasteiger partial charge in [-0.3, -0.25) is 4.68 Å². The third-order valence-electron chi connectivity index (χ3n) is 3.04. The lowest BCUT2D eigenvalue weighted by atomic mass is 10.1. The summed E-state index contributed by atoms with van der Waals surface area (Å²) in [5, 5.41) is 7.93. The quantitative estimate of drug-likeness (QED) is 0.880. The summed E-state index contributed by atoms with van der Waals surface area (Å²) in [4.78, 5) is 8.73. The van der Waals surface area contributed by atoms with E-state index >= 15 is 0 Å². The lowest BCUT2D eigenvalue weighted by Gasteiger charge is -2.20. The maximum absolute atomic E-state index is 4.55. The van der Waals surface area contributed by atoms with Crippen LogP contribution in [0.1, 0.15) is 43.5 Å². The van der Waals surface area contributed by atoms with Gasteiger partial charge in [0.25, 0.3) is 0 Å². The van der Waals surface area contributed by atoms with Crippen LogP contribution in [0.25, 0.3) is 0 Å². The lowest BCUT2D eigenvalue weighted by molar-refractivity contribution is 0.512. The van der Waals surface area contributed by atoms with Crippen molar-refractivity contribution in [3.8, 4) is 0 Å². The van der Waals surface area contributed by atoms with Crippen LogP contribution < -0.4 is 5.32 Å². The second-order valence-corrected chi connectivity index (χ2v) is 5.47. The number of aryl methyl sites for hydroxylation is 2. The van der Waals surface area contributed by atoms with Crippen LogP contribution in [0.2, 0.25) is 0 Å². The van der Waals surface area contributed by atoms with E-state index in [1.54, 1.807) is 6.20 Å². The Morgan fingerprint density at radius 3 is 2.85 bits per heavy atom. The molecule has 6 heteroatoms. The minimum Gasteiger partial charge on any atom is -0.304 e. The predicted octanol–water partition coefficient (Wildman–Crippen LogP) is 2.85. The van der Waals surface area contributed by atoms with Crippen molar-refractivity contribution in [1.29, 1.82) is 0 Å². The molecule has 0 radical (unpaired) electrons. The molecule has 2 aromatic rings. The molecule has 1 unspecified atom stereocenters. The van der Waals surface area contributed by atoms with Crippen LogP contribution in [-0.2, 0) is 6.54 Å². The van der Waals surface area contributed by atoms with E-state index in [1.807, 2.05) is 23.9 Å². The van der Waals surface area contributed by atoms with Gasteiger partial charge >= 0.3 is 0 Å². The van der Waals surface area contributed by atoms with Crippen molar-refractivity contribution in [2.75, 3.05) is 6.54 Å². The standard InChI is InChI=1S/C14H20BrN5/c1-4-8-20-14(11(15)9-18-20)13(16-5-2)12-6-7-17-10(3)19-12/h6-7,9,13,16H,4-5,8H2,1-3H3. The van der Waals surface area contributed by atoms with Gasteiger partial charge in [-0.05, 0) is 41.9 Å². The minimum atomic E-state index is 0.0186. The summed E-state index contributed by atoms with van der Waals surface area (Å²) in [6.45, 7) is 7.90. The molecule has 0 fully saturated rings. The normalized spacial score (nSPS) is 12.6. The molecule has 0 aliphatic heterocycles. The minimum absolute atomic E-state index is 0.0186. The van der Waals surface area contributed by atoms with E-state index in [-0.39, 0.29) is 6.04 Å². The van der Waals surface area contributed by atoms with Crippen LogP contribution >= 0.6 is 15.9 Å². The molecule has 0 amide bonds. The zero-order valence-electron chi connectivity index (χ0n) is 12.1. The Bertz CT molecular complexity index is 566. The van der Waals surface area contributed by atoms with Crippen molar-refractivity contribution in [2.45, 2.75) is 39.8 Å². The summed E-state index contributed by atoms with van der Waals surface area (Å²) < 4.78 is 3.04. The Hall–Kier alpha value is -1.27. The molecule has 1 atom stereocenters. The number of nitrogens with zero attached hydrogens (tertiary/aromatic N) is 4. The van der Waals surface area contributed by atoms with Crippen molar-refractivity contribution >= 4 is 15.9 Å². The molecule has 1 N–H and O–H groups in total. The summed E-state index contributed by atoms with van der Waals surface area (Å²) in [6, 6.07) is 1.97. The Morgan fingerprint density at radius 1 is 1.40 bits per heavy atom. The predicted molar refractivity (Wildman–Crippen MR) is 82.5 cm³/mol. The summed E-state index contributed by atoms with van der Waals surface area (Å²) >= 11 is 3.61. The van der Waals surface area contributed by atoms with E-state index in [0.29, 0.717) is 0 Å². The first-order valence-corrected chi connectivity index (χ1v) is 7.70. The van der Waals surface area contributed by atoms with Crippen LogP contribution in [0.4, 0.5) is 0 Å². The average Bonchev–Trinajstić information content (AvgIpc) is 2.78. The number of hydrogen-bond acceptors (Lipinski definition) is 4. The van der Waals surface area contributed by atoms with E-state index in [1.165, 1.54) is 0 Å². The van der Waals surface area contributed by atoms with Gasteiger partial charge < -0.3 is 5.32 Å². The van der Waals surface area contributed by atoms with Crippen molar-refractivity contribution in [3.63, 3.8) is 0 Å². The summed E-state index contributed by atoms with van der Waals surface area (Å²) in [5.41, 5.74) is 2.09. The van der Waals surface area contributed by atoms with Crippen LogP contribution in [0.5, 0.6) is 0 Å². The Kier molecular flexibility index (Phi) is 5.25. The second-order valence-electron chi connectivity index (χ2n) is 4.62. The molecule has 5 nitrogen and oxygen atoms in total. The Labute approximate surface area is 128 Å². The average molecular weight is 338 g/mol. The smallest absolute Gasteiger partial charge is 0.125 e. The summed E-state index contributed by atoms with van der Waals surface area (Å²) in [5.74, 6) is 0.781. The third-order valence-corrected chi connectivity index (χ3v) is 3.65. The Balaban J connectivity index is 2.45. The number of hydrogen-bond donors (Lipinski definition) is 1. The molecule has 0 saturated heterocycles. The van der Waals surface area contributed by atoms with Crippen molar-refractivity contribution in [1.82, 2.24) is 25.1 Å². The fourth-order valence-electron chi connectivity index (χ4n) is 2.23. The summed E-state index contributed by atoms with van der Waals surface area (Å²) in [6.07, 6.45) is 4.70. The molecule has 0 aromatic carbocycles. The number of halogens is 1. The van der Waals surface area contributed by atoms with E-state index in [4.69, 9.17) is 0 Å². The van der Waals surface area contributed by atoms with E-state index in [9.17, 15) is 0 Å². The molecule has 2 aromatic heterocycles. The molecule has 2 heterocycles. The third kappa shape index (κ3) is 3.24. The zero-order valence-corrected chi connectivity index (χ0v) is 13.7. The van der Waals surface area contributed by atoms with Crippen LogP contribution in [-0.4, -0.2) is 26.3 Å². The lowest BCUT2D eigenvalue weighted by Crippen LogP contribution is -2.26. The second kappa shape index (κ2) is 6.95. The number of aromatic nitrogens is 4. The molecule has 0 aliphatic carbocycles. The van der Waals surface area contributed by atoms with Crippen LogP contribution in [0.3, 0.4) is 0 Å². The van der Waals surface area contributed by atoms with Crippen LogP contribution in [0.15, 0.2) is 22.9 Å². The van der Waals surface area contributed by atoms with Gasteiger partial charge in [0, 0.05) is 12.7 Å². The fourth-order valence-corrected chi connectivity index (χ4v) is 2.75. The fraction of sp³-hybridized carbons (Fsp3) is 0.500. The van der Waals surface area contributed by atoms with E-state index in [2.05, 4.69) is 50.2 Å². The largest absolute Gasteiger partial charge is 0.304 e. The highest BCUT2D eigenvalue weighted by Gasteiger charge is 2.22. The van der Waals surface area contributed by atoms with Gasteiger partial charge in [-0.15, -0.1) is 0 Å².